The first-order valence-electron chi connectivity index (χ1n) is 8.70. The second-order valence-electron chi connectivity index (χ2n) is 6.59. The zero-order valence-electron chi connectivity index (χ0n) is 14.4. The highest BCUT2D eigenvalue weighted by atomic mass is 14.6. The highest BCUT2D eigenvalue weighted by Crippen LogP contribution is 2.23. The van der Waals surface area contributed by atoms with Crippen LogP contribution in [0, 0.1) is 0 Å². The van der Waals surface area contributed by atoms with Crippen molar-refractivity contribution in [3.8, 4) is 0 Å². The van der Waals surface area contributed by atoms with Gasteiger partial charge in [0.1, 0.15) is 0 Å². The van der Waals surface area contributed by atoms with Crippen LogP contribution < -0.4 is 16.2 Å². The molecule has 0 bridgehead atoms. The molecule has 2 aromatic carbocycles. The first kappa shape index (κ1) is 15.5. The highest BCUT2D eigenvalue weighted by Gasteiger charge is 2.11. The fourth-order valence-corrected chi connectivity index (χ4v) is 3.44. The minimum absolute atomic E-state index is 0.829. The predicted molar refractivity (Wildman–Crippen MR) is 107 cm³/mol. The van der Waals surface area contributed by atoms with E-state index in [-0.39, 0.29) is 0 Å². The maximum Gasteiger partial charge on any atom is 0.0349 e. The van der Waals surface area contributed by atoms with E-state index in [9.17, 15) is 0 Å². The number of benzene rings is 2. The maximum atomic E-state index is 6.12. The lowest BCUT2D eigenvalue weighted by Crippen LogP contribution is -2.27. The molecule has 0 heterocycles. The molecule has 0 spiro atoms. The van der Waals surface area contributed by atoms with Crippen LogP contribution in [0.4, 0.5) is 5.69 Å². The fourth-order valence-electron chi connectivity index (χ4n) is 3.44. The SMILES string of the molecule is CC1=C\Cc2ccc3c(c2C(=C/Cc2ccccc2N)/C=C\1)=CC=C=3. The van der Waals surface area contributed by atoms with Gasteiger partial charge >= 0.3 is 0 Å². The number of hydrogen-bond acceptors (Lipinski definition) is 1. The van der Waals surface area contributed by atoms with Crippen molar-refractivity contribution < 1.29 is 0 Å². The molecule has 1 nitrogen and oxygen atoms in total. The van der Waals surface area contributed by atoms with E-state index in [2.05, 4.69) is 61.2 Å². The third kappa shape index (κ3) is 3.03. The van der Waals surface area contributed by atoms with Crippen molar-refractivity contribution in [2.75, 3.05) is 5.73 Å². The number of nitrogens with two attached hydrogens (primary N) is 1. The standard InChI is InChI=1S/C24H21N/c1-17-9-11-20-15-13-18-6-4-7-22(18)24(20)21(12-10-17)16-14-19-5-2-3-8-23(19)25/h2-5,7-10,12-13,15-16H,11,14,25H2,1H3/b12-10-,17-9+,21-16+. The number of hydrogen-bond donors (Lipinski definition) is 1. The molecule has 0 saturated heterocycles. The van der Waals surface area contributed by atoms with Gasteiger partial charge in [0.25, 0.3) is 0 Å². The van der Waals surface area contributed by atoms with Crippen LogP contribution in [0.2, 0.25) is 0 Å². The smallest absolute Gasteiger partial charge is 0.0349 e. The monoisotopic (exact) mass is 323 g/mol. The van der Waals surface area contributed by atoms with E-state index in [0.717, 1.165) is 18.5 Å². The third-order valence-electron chi connectivity index (χ3n) is 4.88. The van der Waals surface area contributed by atoms with Gasteiger partial charge in [-0.15, -0.1) is 5.73 Å². The van der Waals surface area contributed by atoms with Gasteiger partial charge in [-0.1, -0.05) is 54.1 Å². The second-order valence-corrected chi connectivity index (χ2v) is 6.59. The summed E-state index contributed by atoms with van der Waals surface area (Å²) in [7, 11) is 0. The van der Waals surface area contributed by atoms with Crippen molar-refractivity contribution >= 4 is 23.1 Å². The Morgan fingerprint density at radius 2 is 2.00 bits per heavy atom. The molecule has 0 amide bonds. The van der Waals surface area contributed by atoms with E-state index in [1.807, 2.05) is 24.3 Å². The van der Waals surface area contributed by atoms with E-state index in [1.165, 1.54) is 38.3 Å². The molecule has 2 aliphatic rings. The normalized spacial score (nSPS) is 19.7. The molecule has 0 saturated carbocycles. The summed E-state index contributed by atoms with van der Waals surface area (Å²) >= 11 is 0. The summed E-state index contributed by atoms with van der Waals surface area (Å²) in [6, 6.07) is 12.5. The lowest BCUT2D eigenvalue weighted by Gasteiger charge is -2.14. The van der Waals surface area contributed by atoms with Gasteiger partial charge in [-0.3, -0.25) is 0 Å². The summed E-state index contributed by atoms with van der Waals surface area (Å²) in [5, 5.41) is 2.46. The number of allylic oxidation sites excluding steroid dienone is 7. The predicted octanol–water partition coefficient (Wildman–Crippen LogP) is 3.68. The van der Waals surface area contributed by atoms with Crippen LogP contribution >= 0.6 is 0 Å². The summed E-state index contributed by atoms with van der Waals surface area (Å²) in [5.74, 6) is 0. The van der Waals surface area contributed by atoms with Gasteiger partial charge in [-0.25, -0.2) is 0 Å². The van der Waals surface area contributed by atoms with Gasteiger partial charge in [0, 0.05) is 10.9 Å². The second kappa shape index (κ2) is 6.47. The Balaban J connectivity index is 1.86. The minimum Gasteiger partial charge on any atom is -0.398 e. The Hall–Kier alpha value is -3.02. The van der Waals surface area contributed by atoms with Crippen LogP contribution in [0.25, 0.3) is 17.4 Å². The van der Waals surface area contributed by atoms with Crippen molar-refractivity contribution in [3.05, 3.63) is 99.5 Å². The number of nitrogen functional groups attached to an aromatic ring is 1. The first-order chi connectivity index (χ1) is 12.2. The van der Waals surface area contributed by atoms with Crippen LogP contribution in [0.5, 0.6) is 0 Å². The highest BCUT2D eigenvalue weighted by molar-refractivity contribution is 5.79. The van der Waals surface area contributed by atoms with Crippen molar-refractivity contribution in [2.24, 2.45) is 0 Å². The average Bonchev–Trinajstić information content (AvgIpc) is 3.08. The van der Waals surface area contributed by atoms with Crippen LogP contribution in [0.3, 0.4) is 0 Å². The van der Waals surface area contributed by atoms with Gasteiger partial charge in [-0.2, -0.15) is 0 Å². The van der Waals surface area contributed by atoms with E-state index >= 15 is 0 Å². The van der Waals surface area contributed by atoms with Crippen molar-refractivity contribution in [2.45, 2.75) is 19.8 Å². The largest absolute Gasteiger partial charge is 0.398 e. The van der Waals surface area contributed by atoms with E-state index in [0.29, 0.717) is 0 Å². The van der Waals surface area contributed by atoms with E-state index in [4.69, 9.17) is 5.73 Å². The Bertz CT molecular complexity index is 1090. The van der Waals surface area contributed by atoms with Gasteiger partial charge in [0.2, 0.25) is 0 Å². The molecular formula is C24H21N. The molecule has 0 aliphatic heterocycles. The Morgan fingerprint density at radius 1 is 1.12 bits per heavy atom. The Morgan fingerprint density at radius 3 is 2.88 bits per heavy atom. The molecule has 25 heavy (non-hydrogen) atoms. The van der Waals surface area contributed by atoms with Gasteiger partial charge in [-0.05, 0) is 71.5 Å². The van der Waals surface area contributed by atoms with Crippen LogP contribution in [0.15, 0.2) is 72.4 Å². The molecule has 4 rings (SSSR count). The number of fused-ring (bicyclic) bond motifs is 3. The van der Waals surface area contributed by atoms with E-state index in [1.54, 1.807) is 0 Å². The lowest BCUT2D eigenvalue weighted by atomic mass is 9.90. The summed E-state index contributed by atoms with van der Waals surface area (Å²) in [6.07, 6.45) is 15.0. The van der Waals surface area contributed by atoms with Gasteiger partial charge in [0.15, 0.2) is 0 Å². The summed E-state index contributed by atoms with van der Waals surface area (Å²) in [6.45, 7) is 2.16. The Kier molecular flexibility index (Phi) is 4.01. The molecule has 0 aromatic heterocycles. The molecule has 0 radical (unpaired) electrons. The molecule has 2 aliphatic carbocycles. The minimum atomic E-state index is 0.829. The van der Waals surface area contributed by atoms with Gasteiger partial charge in [0.05, 0.1) is 0 Å². The topological polar surface area (TPSA) is 26.0 Å². The quantitative estimate of drug-likeness (QED) is 0.838. The number of para-hydroxylation sites is 1. The fraction of sp³-hybridized carbons (Fsp3) is 0.125. The summed E-state index contributed by atoms with van der Waals surface area (Å²) in [4.78, 5) is 0. The molecule has 0 fully saturated rings. The number of anilines is 1. The Labute approximate surface area is 148 Å². The van der Waals surface area contributed by atoms with Gasteiger partial charge < -0.3 is 5.73 Å². The van der Waals surface area contributed by atoms with Crippen molar-refractivity contribution in [1.82, 2.24) is 0 Å². The molecule has 0 atom stereocenters. The van der Waals surface area contributed by atoms with E-state index < -0.39 is 0 Å². The van der Waals surface area contributed by atoms with Crippen molar-refractivity contribution in [3.63, 3.8) is 0 Å². The molecule has 2 N–H and O–H groups in total. The van der Waals surface area contributed by atoms with Crippen LogP contribution in [-0.4, -0.2) is 0 Å². The lowest BCUT2D eigenvalue weighted by molar-refractivity contribution is 1.19. The zero-order valence-corrected chi connectivity index (χ0v) is 14.4. The van der Waals surface area contributed by atoms with Crippen LogP contribution in [-0.2, 0) is 12.8 Å². The maximum absolute atomic E-state index is 6.12. The average molecular weight is 323 g/mol. The third-order valence-corrected chi connectivity index (χ3v) is 4.88. The molecule has 2 aromatic rings. The first-order valence-corrected chi connectivity index (χ1v) is 8.70. The molecule has 122 valence electrons. The molecular weight excluding hydrogens is 302 g/mol. The van der Waals surface area contributed by atoms with Crippen molar-refractivity contribution in [1.29, 1.82) is 0 Å². The zero-order chi connectivity index (χ0) is 17.2. The molecule has 0 unspecified atom stereocenters. The molecule has 1 heteroatoms. The van der Waals surface area contributed by atoms with Crippen LogP contribution in [0.1, 0.15) is 23.6 Å². The summed E-state index contributed by atoms with van der Waals surface area (Å²) in [5.41, 5.74) is 16.7. The summed E-state index contributed by atoms with van der Waals surface area (Å²) < 4.78 is 0. The number of rotatable bonds is 2.